The highest BCUT2D eigenvalue weighted by atomic mass is 32.2. The van der Waals surface area contributed by atoms with Crippen molar-refractivity contribution < 1.29 is 18.5 Å². The van der Waals surface area contributed by atoms with Gasteiger partial charge >= 0.3 is 6.03 Å². The molecule has 208 valence electrons. The van der Waals surface area contributed by atoms with Crippen molar-refractivity contribution in [3.8, 4) is 11.9 Å². The molecule has 0 spiro atoms. The molecule has 4 heterocycles. The number of carbonyl (C=O) groups excluding carboxylic acids is 2. The van der Waals surface area contributed by atoms with Crippen LogP contribution in [0.2, 0.25) is 0 Å². The van der Waals surface area contributed by atoms with Gasteiger partial charge in [-0.1, -0.05) is 6.92 Å². The summed E-state index contributed by atoms with van der Waals surface area (Å²) in [7, 11) is 2.53. The molecule has 1 saturated heterocycles. The van der Waals surface area contributed by atoms with Crippen LogP contribution in [0.15, 0.2) is 18.3 Å². The summed E-state index contributed by atoms with van der Waals surface area (Å²) < 4.78 is 17.2. The van der Waals surface area contributed by atoms with Crippen LogP contribution in [0.4, 0.5) is 16.4 Å². The summed E-state index contributed by atoms with van der Waals surface area (Å²) in [4.78, 5) is 40.2. The van der Waals surface area contributed by atoms with Crippen LogP contribution in [0.1, 0.15) is 35.6 Å². The number of nitriles is 1. The SMILES string of the molecule is COc1nc2c(cc1CN1CCN(C)CC1=O)CCCN2C(=O)Nc1cc(C[C@H](C)CS(C)=O)c(C#N)cn1. The summed E-state index contributed by atoms with van der Waals surface area (Å²) in [6.07, 6.45) is 5.19. The minimum absolute atomic E-state index is 0.0659. The molecule has 2 aromatic rings. The number of urea groups is 1. The number of nitrogens with zero attached hydrogens (tertiary/aromatic N) is 6. The summed E-state index contributed by atoms with van der Waals surface area (Å²) in [5, 5.41) is 12.4. The van der Waals surface area contributed by atoms with Crippen molar-refractivity contribution in [3.05, 3.63) is 40.6 Å². The van der Waals surface area contributed by atoms with Crippen LogP contribution in [0.25, 0.3) is 0 Å². The molecule has 1 fully saturated rings. The number of methoxy groups -OCH3 is 1. The fourth-order valence-corrected chi connectivity index (χ4v) is 5.98. The molecular weight excluding hydrogens is 518 g/mol. The Kier molecular flexibility index (Phi) is 9.14. The van der Waals surface area contributed by atoms with Crippen LogP contribution >= 0.6 is 0 Å². The summed E-state index contributed by atoms with van der Waals surface area (Å²) >= 11 is 0. The van der Waals surface area contributed by atoms with Crippen LogP contribution in [0, 0.1) is 17.2 Å². The standard InChI is InChI=1S/C27H35N7O4S/c1-18(17-39(4)37)10-20-12-23(29-14-22(20)13-28)30-27(36)34-7-5-6-19-11-21(26(38-3)31-25(19)34)15-33-9-8-32(2)16-24(33)35/h11-12,14,18H,5-10,15-17H2,1-4H3,(H,29,30,36)/t18-,39?/m0/s1. The minimum Gasteiger partial charge on any atom is -0.481 e. The number of nitrogens with one attached hydrogen (secondary N) is 1. The second-order valence-corrected chi connectivity index (χ2v) is 11.7. The van der Waals surface area contributed by atoms with E-state index in [0.29, 0.717) is 61.4 Å². The molecule has 1 N–H and O–H groups in total. The molecule has 1 unspecified atom stereocenters. The maximum Gasteiger partial charge on any atom is 0.328 e. The molecule has 0 aliphatic carbocycles. The lowest BCUT2D eigenvalue weighted by molar-refractivity contribution is -0.136. The van der Waals surface area contributed by atoms with Crippen LogP contribution in [-0.2, 0) is 35.0 Å². The summed E-state index contributed by atoms with van der Waals surface area (Å²) in [5.41, 5.74) is 2.92. The highest BCUT2D eigenvalue weighted by Gasteiger charge is 2.28. The predicted molar refractivity (Wildman–Crippen MR) is 149 cm³/mol. The maximum atomic E-state index is 13.4. The third kappa shape index (κ3) is 6.91. The van der Waals surface area contributed by atoms with Gasteiger partial charge in [-0.15, -0.1) is 0 Å². The van der Waals surface area contributed by atoms with Gasteiger partial charge in [-0.2, -0.15) is 10.2 Å². The summed E-state index contributed by atoms with van der Waals surface area (Å²) in [5.74, 6) is 1.95. The Morgan fingerprint density at radius 2 is 2.08 bits per heavy atom. The molecule has 4 rings (SSSR count). The van der Waals surface area contributed by atoms with Gasteiger partial charge in [-0.3, -0.25) is 24.1 Å². The van der Waals surface area contributed by atoms with E-state index in [4.69, 9.17) is 9.72 Å². The van der Waals surface area contributed by atoms with Crippen molar-refractivity contribution in [2.75, 3.05) is 62.6 Å². The van der Waals surface area contributed by atoms with Crippen LogP contribution in [-0.4, -0.2) is 88.3 Å². The fourth-order valence-electron chi connectivity index (χ4n) is 5.06. The fraction of sp³-hybridized carbons (Fsp3) is 0.519. The molecule has 3 amide bonds. The highest BCUT2D eigenvalue weighted by molar-refractivity contribution is 7.84. The van der Waals surface area contributed by atoms with Crippen LogP contribution in [0.5, 0.6) is 5.88 Å². The molecule has 12 heteroatoms. The predicted octanol–water partition coefficient (Wildman–Crippen LogP) is 2.17. The maximum absolute atomic E-state index is 13.4. The zero-order valence-electron chi connectivity index (χ0n) is 22.9. The molecule has 39 heavy (non-hydrogen) atoms. The Labute approximate surface area is 231 Å². The third-order valence-electron chi connectivity index (χ3n) is 6.94. The number of ether oxygens (including phenoxy) is 1. The molecular formula is C27H35N7O4S. The number of likely N-dealkylation sites (N-methyl/N-ethyl adjacent to an activating group) is 1. The van der Waals surface area contributed by atoms with Crippen molar-refractivity contribution in [1.29, 1.82) is 5.26 Å². The number of hydrogen-bond acceptors (Lipinski definition) is 8. The monoisotopic (exact) mass is 553 g/mol. The van der Waals surface area contributed by atoms with Gasteiger partial charge in [-0.05, 0) is 55.5 Å². The molecule has 2 aliphatic rings. The van der Waals surface area contributed by atoms with Crippen LogP contribution in [0.3, 0.4) is 0 Å². The number of pyridine rings is 2. The normalized spacial score (nSPS) is 17.3. The number of hydrogen-bond donors (Lipinski definition) is 1. The number of fused-ring (bicyclic) bond motifs is 1. The van der Waals surface area contributed by atoms with Gasteiger partial charge < -0.3 is 9.64 Å². The Morgan fingerprint density at radius 1 is 1.28 bits per heavy atom. The van der Waals surface area contributed by atoms with E-state index in [1.54, 1.807) is 17.2 Å². The second-order valence-electron chi connectivity index (χ2n) is 10.3. The highest BCUT2D eigenvalue weighted by Crippen LogP contribution is 2.32. The van der Waals surface area contributed by atoms with E-state index < -0.39 is 10.8 Å². The Bertz CT molecular complexity index is 1310. The van der Waals surface area contributed by atoms with E-state index in [1.165, 1.54) is 13.3 Å². The Hall–Kier alpha value is -3.56. The number of carbonyl (C=O) groups is 2. The molecule has 0 aromatic carbocycles. The number of piperazine rings is 1. The van der Waals surface area contributed by atoms with Gasteiger partial charge in [-0.25, -0.2) is 9.78 Å². The van der Waals surface area contributed by atoms with E-state index >= 15 is 0 Å². The first-order chi connectivity index (χ1) is 18.7. The Balaban J connectivity index is 1.53. The molecule has 0 bridgehead atoms. The van der Waals surface area contributed by atoms with E-state index in [2.05, 4.69) is 16.4 Å². The van der Waals surface area contributed by atoms with Crippen molar-refractivity contribution in [2.24, 2.45) is 5.92 Å². The molecule has 2 aromatic heterocycles. The van der Waals surface area contributed by atoms with Crippen molar-refractivity contribution >= 4 is 34.4 Å². The molecule has 2 atom stereocenters. The van der Waals surface area contributed by atoms with Crippen molar-refractivity contribution in [1.82, 2.24) is 19.8 Å². The van der Waals surface area contributed by atoms with Gasteiger partial charge in [0.1, 0.15) is 17.7 Å². The molecule has 0 radical (unpaired) electrons. The first-order valence-electron chi connectivity index (χ1n) is 13.0. The topological polar surface area (TPSA) is 132 Å². The van der Waals surface area contributed by atoms with Crippen molar-refractivity contribution in [3.63, 3.8) is 0 Å². The van der Waals surface area contributed by atoms with E-state index in [1.807, 2.05) is 29.8 Å². The smallest absolute Gasteiger partial charge is 0.328 e. The second kappa shape index (κ2) is 12.5. The quantitative estimate of drug-likeness (QED) is 0.526. The largest absolute Gasteiger partial charge is 0.481 e. The van der Waals surface area contributed by atoms with Gasteiger partial charge in [0.2, 0.25) is 11.8 Å². The average Bonchev–Trinajstić information content (AvgIpc) is 2.89. The van der Waals surface area contributed by atoms with Gasteiger partial charge in [0, 0.05) is 54.2 Å². The van der Waals surface area contributed by atoms with E-state index in [9.17, 15) is 19.1 Å². The summed E-state index contributed by atoms with van der Waals surface area (Å²) in [6.45, 7) is 4.70. The number of rotatable bonds is 8. The lowest BCUT2D eigenvalue weighted by Crippen LogP contribution is -2.48. The molecule has 2 aliphatic heterocycles. The average molecular weight is 554 g/mol. The number of amides is 3. The van der Waals surface area contributed by atoms with E-state index in [-0.39, 0.29) is 17.9 Å². The Morgan fingerprint density at radius 3 is 2.77 bits per heavy atom. The number of aryl methyl sites for hydroxylation is 1. The van der Waals surface area contributed by atoms with Gasteiger partial charge in [0.15, 0.2) is 0 Å². The zero-order valence-corrected chi connectivity index (χ0v) is 23.7. The zero-order chi connectivity index (χ0) is 28.1. The van der Waals surface area contributed by atoms with Crippen molar-refractivity contribution in [2.45, 2.75) is 32.7 Å². The van der Waals surface area contributed by atoms with Gasteiger partial charge in [0.05, 0.1) is 25.8 Å². The van der Waals surface area contributed by atoms with Gasteiger partial charge in [0.25, 0.3) is 0 Å². The molecule has 11 nitrogen and oxygen atoms in total. The number of aromatic nitrogens is 2. The minimum atomic E-state index is -0.941. The first kappa shape index (κ1) is 28.4. The van der Waals surface area contributed by atoms with Crippen LogP contribution < -0.4 is 15.0 Å². The summed E-state index contributed by atoms with van der Waals surface area (Å²) in [6, 6.07) is 5.47. The first-order valence-corrected chi connectivity index (χ1v) is 14.7. The lowest BCUT2D eigenvalue weighted by atomic mass is 10.00. The van der Waals surface area contributed by atoms with E-state index in [0.717, 1.165) is 36.1 Å². The third-order valence-corrected chi connectivity index (χ3v) is 7.98. The molecule has 0 saturated carbocycles. The lowest BCUT2D eigenvalue weighted by Gasteiger charge is -2.33. The number of anilines is 2.